The lowest BCUT2D eigenvalue weighted by Crippen LogP contribution is -2.59. The molecule has 19 heavy (non-hydrogen) atoms. The SMILES string of the molecule is CC(C)(CNC(=O)C1(CN)COC1)c1ccccc1. The smallest absolute Gasteiger partial charge is 0.232 e. The average Bonchev–Trinajstić information content (AvgIpc) is 2.37. The van der Waals surface area contributed by atoms with Crippen molar-refractivity contribution in [2.45, 2.75) is 19.3 Å². The van der Waals surface area contributed by atoms with Gasteiger partial charge in [0.05, 0.1) is 13.2 Å². The molecule has 0 radical (unpaired) electrons. The van der Waals surface area contributed by atoms with E-state index in [9.17, 15) is 4.79 Å². The Morgan fingerprint density at radius 3 is 2.47 bits per heavy atom. The Morgan fingerprint density at radius 2 is 2.00 bits per heavy atom. The second-order valence-electron chi connectivity index (χ2n) is 5.91. The van der Waals surface area contributed by atoms with Crippen LogP contribution in [-0.2, 0) is 14.9 Å². The van der Waals surface area contributed by atoms with Gasteiger partial charge in [0.1, 0.15) is 5.41 Å². The second kappa shape index (κ2) is 5.31. The molecule has 0 unspecified atom stereocenters. The van der Waals surface area contributed by atoms with Gasteiger partial charge in [-0.25, -0.2) is 0 Å². The van der Waals surface area contributed by atoms with E-state index in [4.69, 9.17) is 10.5 Å². The van der Waals surface area contributed by atoms with E-state index in [0.717, 1.165) is 0 Å². The van der Waals surface area contributed by atoms with E-state index >= 15 is 0 Å². The number of amides is 1. The molecule has 0 aromatic heterocycles. The summed E-state index contributed by atoms with van der Waals surface area (Å²) in [5, 5.41) is 3.02. The summed E-state index contributed by atoms with van der Waals surface area (Å²) in [6.07, 6.45) is 0. The summed E-state index contributed by atoms with van der Waals surface area (Å²) in [7, 11) is 0. The van der Waals surface area contributed by atoms with E-state index in [-0.39, 0.29) is 11.3 Å². The molecule has 1 aliphatic heterocycles. The maximum atomic E-state index is 12.2. The number of hydrogen-bond acceptors (Lipinski definition) is 3. The van der Waals surface area contributed by atoms with Crippen LogP contribution in [0.4, 0.5) is 0 Å². The first-order valence-electron chi connectivity index (χ1n) is 6.62. The Hall–Kier alpha value is -1.39. The summed E-state index contributed by atoms with van der Waals surface area (Å²) in [5.41, 5.74) is 6.28. The normalized spacial score (nSPS) is 17.6. The molecular weight excluding hydrogens is 240 g/mol. The molecule has 1 aromatic carbocycles. The van der Waals surface area contributed by atoms with Gasteiger partial charge in [0, 0.05) is 18.5 Å². The summed E-state index contributed by atoms with van der Waals surface area (Å²) >= 11 is 0. The number of ether oxygens (including phenoxy) is 1. The van der Waals surface area contributed by atoms with Crippen molar-refractivity contribution in [3.05, 3.63) is 35.9 Å². The van der Waals surface area contributed by atoms with Gasteiger partial charge >= 0.3 is 0 Å². The van der Waals surface area contributed by atoms with Crippen molar-refractivity contribution in [2.75, 3.05) is 26.3 Å². The fraction of sp³-hybridized carbons (Fsp3) is 0.533. The Morgan fingerprint density at radius 1 is 1.37 bits per heavy atom. The zero-order valence-corrected chi connectivity index (χ0v) is 11.6. The highest BCUT2D eigenvalue weighted by molar-refractivity contribution is 5.84. The Bertz CT molecular complexity index is 433. The van der Waals surface area contributed by atoms with E-state index in [1.165, 1.54) is 5.56 Å². The maximum absolute atomic E-state index is 12.2. The average molecular weight is 262 g/mol. The lowest BCUT2D eigenvalue weighted by Gasteiger charge is -2.39. The number of nitrogens with two attached hydrogens (primary N) is 1. The first-order valence-corrected chi connectivity index (χ1v) is 6.62. The molecule has 1 fully saturated rings. The number of carbonyl (C=O) groups is 1. The van der Waals surface area contributed by atoms with Crippen LogP contribution in [0.1, 0.15) is 19.4 Å². The molecule has 104 valence electrons. The zero-order valence-electron chi connectivity index (χ0n) is 11.6. The number of nitrogens with one attached hydrogen (secondary N) is 1. The van der Waals surface area contributed by atoms with E-state index in [2.05, 4.69) is 31.3 Å². The lowest BCUT2D eigenvalue weighted by molar-refractivity contribution is -0.159. The first-order chi connectivity index (χ1) is 9.00. The van der Waals surface area contributed by atoms with Crippen molar-refractivity contribution in [1.82, 2.24) is 5.32 Å². The topological polar surface area (TPSA) is 64.4 Å². The maximum Gasteiger partial charge on any atom is 0.232 e. The molecule has 4 nitrogen and oxygen atoms in total. The van der Waals surface area contributed by atoms with E-state index < -0.39 is 5.41 Å². The standard InChI is InChI=1S/C15H22N2O2/c1-14(2,12-6-4-3-5-7-12)9-17-13(18)15(8-16)10-19-11-15/h3-7H,8-11,16H2,1-2H3,(H,17,18). The fourth-order valence-electron chi connectivity index (χ4n) is 2.17. The molecule has 1 amide bonds. The molecule has 0 aliphatic carbocycles. The van der Waals surface area contributed by atoms with Crippen molar-refractivity contribution >= 4 is 5.91 Å². The van der Waals surface area contributed by atoms with E-state index in [0.29, 0.717) is 26.3 Å². The number of rotatable bonds is 5. The van der Waals surface area contributed by atoms with Gasteiger partial charge in [-0.2, -0.15) is 0 Å². The molecule has 0 bridgehead atoms. The highest BCUT2D eigenvalue weighted by Crippen LogP contribution is 2.27. The zero-order chi connectivity index (χ0) is 13.9. The van der Waals surface area contributed by atoms with Crippen molar-refractivity contribution in [2.24, 2.45) is 11.1 Å². The predicted octanol–water partition coefficient (Wildman–Crippen LogP) is 1.06. The number of benzene rings is 1. The molecule has 1 saturated heterocycles. The molecule has 0 atom stereocenters. The molecule has 0 saturated carbocycles. The van der Waals surface area contributed by atoms with Crippen molar-refractivity contribution in [3.8, 4) is 0 Å². The molecule has 2 rings (SSSR count). The third-order valence-electron chi connectivity index (χ3n) is 3.88. The highest BCUT2D eigenvalue weighted by atomic mass is 16.5. The molecule has 0 spiro atoms. The molecule has 1 aromatic rings. The van der Waals surface area contributed by atoms with Crippen LogP contribution in [0.3, 0.4) is 0 Å². The molecule has 4 heteroatoms. The van der Waals surface area contributed by atoms with E-state index in [1.54, 1.807) is 0 Å². The van der Waals surface area contributed by atoms with Crippen LogP contribution in [0.5, 0.6) is 0 Å². The van der Waals surface area contributed by atoms with Gasteiger partial charge in [-0.3, -0.25) is 4.79 Å². The Balaban J connectivity index is 1.96. The second-order valence-corrected chi connectivity index (χ2v) is 5.91. The Kier molecular flexibility index (Phi) is 3.92. The minimum atomic E-state index is -0.507. The van der Waals surface area contributed by atoms with Crippen molar-refractivity contribution in [3.63, 3.8) is 0 Å². The summed E-state index contributed by atoms with van der Waals surface area (Å²) in [6.45, 7) is 6.04. The third-order valence-corrected chi connectivity index (χ3v) is 3.88. The monoisotopic (exact) mass is 262 g/mol. The van der Waals surface area contributed by atoms with Gasteiger partial charge < -0.3 is 15.8 Å². The first kappa shape index (κ1) is 14.0. The van der Waals surface area contributed by atoms with Crippen LogP contribution < -0.4 is 11.1 Å². The van der Waals surface area contributed by atoms with Crippen LogP contribution in [-0.4, -0.2) is 32.2 Å². The highest BCUT2D eigenvalue weighted by Gasteiger charge is 2.44. The van der Waals surface area contributed by atoms with Crippen molar-refractivity contribution in [1.29, 1.82) is 0 Å². The van der Waals surface area contributed by atoms with Crippen LogP contribution in [0.15, 0.2) is 30.3 Å². The van der Waals surface area contributed by atoms with Gasteiger partial charge in [0.25, 0.3) is 0 Å². The lowest BCUT2D eigenvalue weighted by atomic mass is 9.82. The number of hydrogen-bond donors (Lipinski definition) is 2. The van der Waals surface area contributed by atoms with Crippen LogP contribution in [0, 0.1) is 5.41 Å². The van der Waals surface area contributed by atoms with Gasteiger partial charge in [0.2, 0.25) is 5.91 Å². The van der Waals surface area contributed by atoms with Gasteiger partial charge in [-0.1, -0.05) is 44.2 Å². The fourth-order valence-corrected chi connectivity index (χ4v) is 2.17. The van der Waals surface area contributed by atoms with Crippen LogP contribution >= 0.6 is 0 Å². The van der Waals surface area contributed by atoms with Crippen molar-refractivity contribution < 1.29 is 9.53 Å². The quantitative estimate of drug-likeness (QED) is 0.834. The molecule has 3 N–H and O–H groups in total. The van der Waals surface area contributed by atoms with Crippen LogP contribution in [0.25, 0.3) is 0 Å². The molecule has 1 aliphatic rings. The largest absolute Gasteiger partial charge is 0.379 e. The van der Waals surface area contributed by atoms with Gasteiger partial charge in [0.15, 0.2) is 0 Å². The molecular formula is C15H22N2O2. The summed E-state index contributed by atoms with van der Waals surface area (Å²) < 4.78 is 5.13. The van der Waals surface area contributed by atoms with E-state index in [1.807, 2.05) is 18.2 Å². The Labute approximate surface area is 114 Å². The summed E-state index contributed by atoms with van der Waals surface area (Å²) in [6, 6.07) is 10.2. The van der Waals surface area contributed by atoms with Gasteiger partial charge in [-0.05, 0) is 5.56 Å². The minimum absolute atomic E-state index is 0.00487. The van der Waals surface area contributed by atoms with Gasteiger partial charge in [-0.15, -0.1) is 0 Å². The number of carbonyl (C=O) groups excluding carboxylic acids is 1. The van der Waals surface area contributed by atoms with Crippen LogP contribution in [0.2, 0.25) is 0 Å². The minimum Gasteiger partial charge on any atom is -0.379 e. The molecule has 1 heterocycles. The summed E-state index contributed by atoms with van der Waals surface area (Å²) in [4.78, 5) is 12.2. The summed E-state index contributed by atoms with van der Waals surface area (Å²) in [5.74, 6) is 0.00487. The predicted molar refractivity (Wildman–Crippen MR) is 74.8 cm³/mol. The third kappa shape index (κ3) is 2.80.